The molecule has 35 heavy (non-hydrogen) atoms. The lowest BCUT2D eigenvalue weighted by Crippen LogP contribution is -2.43. The summed E-state index contributed by atoms with van der Waals surface area (Å²) in [4.78, 5) is 32.0. The van der Waals surface area contributed by atoms with E-state index >= 15 is 0 Å². The van der Waals surface area contributed by atoms with Crippen LogP contribution in [0.2, 0.25) is 0 Å². The summed E-state index contributed by atoms with van der Waals surface area (Å²) >= 11 is 0. The number of aromatic nitrogens is 2. The second kappa shape index (κ2) is 10.5. The zero-order chi connectivity index (χ0) is 24.9. The predicted molar refractivity (Wildman–Crippen MR) is 134 cm³/mol. The molecule has 1 aromatic carbocycles. The summed E-state index contributed by atoms with van der Waals surface area (Å²) in [5.41, 5.74) is 14.4. The number of carbonyl (C=O) groups is 2. The lowest BCUT2D eigenvalue weighted by molar-refractivity contribution is -0.114. The highest BCUT2D eigenvalue weighted by atomic mass is 19.1. The largest absolute Gasteiger partial charge is 0.365 e. The summed E-state index contributed by atoms with van der Waals surface area (Å²) in [6, 6.07) is 9.97. The van der Waals surface area contributed by atoms with Crippen LogP contribution in [0.4, 0.5) is 27.4 Å². The number of benzene rings is 1. The van der Waals surface area contributed by atoms with Crippen LogP contribution in [-0.2, 0) is 4.79 Å². The van der Waals surface area contributed by atoms with Gasteiger partial charge in [0.1, 0.15) is 5.82 Å². The molecule has 2 aromatic heterocycles. The molecule has 1 saturated carbocycles. The van der Waals surface area contributed by atoms with Gasteiger partial charge in [-0.15, -0.1) is 0 Å². The average Bonchev–Trinajstić information content (AvgIpc) is 2.82. The van der Waals surface area contributed by atoms with Gasteiger partial charge in [-0.3, -0.25) is 14.6 Å². The molecule has 1 fully saturated rings. The first-order valence-corrected chi connectivity index (χ1v) is 11.4. The SMILES string of the molecule is CC(=O)Nc1cccc(-c2cncc(Nc3nc(N[C@@H]4CCCCC4N)c(F)cc3C(N)=O)c2)c1. The smallest absolute Gasteiger partial charge is 0.252 e. The summed E-state index contributed by atoms with van der Waals surface area (Å²) in [5, 5.41) is 8.89. The van der Waals surface area contributed by atoms with Crippen LogP contribution in [0.25, 0.3) is 11.1 Å². The number of rotatable bonds is 7. The molecule has 9 nitrogen and oxygen atoms in total. The van der Waals surface area contributed by atoms with Gasteiger partial charge < -0.3 is 27.4 Å². The molecular weight excluding hydrogens is 449 g/mol. The maximum absolute atomic E-state index is 14.8. The van der Waals surface area contributed by atoms with Crippen molar-refractivity contribution in [2.24, 2.45) is 11.5 Å². The molecule has 0 saturated heterocycles. The second-order valence-electron chi connectivity index (χ2n) is 8.63. The maximum Gasteiger partial charge on any atom is 0.252 e. The topological polar surface area (TPSA) is 148 Å². The fourth-order valence-corrected chi connectivity index (χ4v) is 4.17. The van der Waals surface area contributed by atoms with Crippen LogP contribution >= 0.6 is 0 Å². The van der Waals surface area contributed by atoms with Gasteiger partial charge in [-0.1, -0.05) is 25.0 Å². The molecule has 0 spiro atoms. The Labute approximate surface area is 202 Å². The molecule has 0 aliphatic heterocycles. The number of halogens is 1. The van der Waals surface area contributed by atoms with E-state index in [1.54, 1.807) is 24.5 Å². The van der Waals surface area contributed by atoms with Gasteiger partial charge >= 0.3 is 0 Å². The van der Waals surface area contributed by atoms with E-state index in [9.17, 15) is 14.0 Å². The molecule has 3 aromatic rings. The van der Waals surface area contributed by atoms with Crippen molar-refractivity contribution in [3.05, 3.63) is 60.2 Å². The first kappa shape index (κ1) is 24.1. The molecule has 4 rings (SSSR count). The van der Waals surface area contributed by atoms with Crippen molar-refractivity contribution < 1.29 is 14.0 Å². The predicted octanol–water partition coefficient (Wildman–Crippen LogP) is 3.77. The Kier molecular flexibility index (Phi) is 7.21. The average molecular weight is 478 g/mol. The van der Waals surface area contributed by atoms with Crippen molar-refractivity contribution >= 4 is 34.8 Å². The Bertz CT molecular complexity index is 1250. The minimum absolute atomic E-state index is 0.00646. The Morgan fingerprint density at radius 2 is 1.80 bits per heavy atom. The normalized spacial score (nSPS) is 17.5. The Morgan fingerprint density at radius 1 is 1.03 bits per heavy atom. The molecular formula is C25H28FN7O2. The van der Waals surface area contributed by atoms with Crippen LogP contribution < -0.4 is 27.4 Å². The summed E-state index contributed by atoms with van der Waals surface area (Å²) in [5.74, 6) is -1.55. The number of nitrogens with one attached hydrogen (secondary N) is 3. The molecule has 0 bridgehead atoms. The zero-order valence-electron chi connectivity index (χ0n) is 19.3. The van der Waals surface area contributed by atoms with E-state index < -0.39 is 11.7 Å². The number of nitrogens with two attached hydrogens (primary N) is 2. The van der Waals surface area contributed by atoms with Gasteiger partial charge in [0, 0.05) is 36.5 Å². The van der Waals surface area contributed by atoms with E-state index in [4.69, 9.17) is 11.5 Å². The summed E-state index contributed by atoms with van der Waals surface area (Å²) < 4.78 is 14.8. The van der Waals surface area contributed by atoms with Gasteiger partial charge in [-0.05, 0) is 42.7 Å². The highest BCUT2D eigenvalue weighted by molar-refractivity contribution is 5.98. The number of hydrogen-bond acceptors (Lipinski definition) is 7. The van der Waals surface area contributed by atoms with Crippen molar-refractivity contribution in [1.29, 1.82) is 0 Å². The standard InChI is InChI=1S/C25H28FN7O2/c1-14(34)30-17-6-4-5-15(9-17)16-10-18(13-29-12-16)31-24-19(23(28)35)11-20(26)25(33-24)32-22-8-3-2-7-21(22)27/h4-6,9-13,21-22H,2-3,7-8,27H2,1H3,(H2,28,35)(H,30,34)(H2,31,32,33)/t21?,22-/m1/s1. The van der Waals surface area contributed by atoms with Crippen molar-refractivity contribution in [1.82, 2.24) is 9.97 Å². The minimum Gasteiger partial charge on any atom is -0.365 e. The van der Waals surface area contributed by atoms with Gasteiger partial charge in [0.15, 0.2) is 11.6 Å². The Morgan fingerprint density at radius 3 is 2.54 bits per heavy atom. The molecule has 7 N–H and O–H groups in total. The third-order valence-corrected chi connectivity index (χ3v) is 5.90. The Hall–Kier alpha value is -4.05. The quantitative estimate of drug-likeness (QED) is 0.348. The molecule has 10 heteroatoms. The third-order valence-electron chi connectivity index (χ3n) is 5.90. The number of pyridine rings is 2. The lowest BCUT2D eigenvalue weighted by atomic mass is 9.91. The van der Waals surface area contributed by atoms with Gasteiger partial charge in [0.2, 0.25) is 5.91 Å². The van der Waals surface area contributed by atoms with Gasteiger partial charge in [-0.25, -0.2) is 9.37 Å². The second-order valence-corrected chi connectivity index (χ2v) is 8.63. The molecule has 0 radical (unpaired) electrons. The molecule has 1 aliphatic rings. The van der Waals surface area contributed by atoms with Gasteiger partial charge in [-0.2, -0.15) is 0 Å². The van der Waals surface area contributed by atoms with Crippen LogP contribution in [0.1, 0.15) is 43.0 Å². The number of anilines is 4. The van der Waals surface area contributed by atoms with Crippen molar-refractivity contribution in [2.75, 3.05) is 16.0 Å². The van der Waals surface area contributed by atoms with Crippen molar-refractivity contribution in [3.8, 4) is 11.1 Å². The van der Waals surface area contributed by atoms with Crippen molar-refractivity contribution in [2.45, 2.75) is 44.7 Å². The summed E-state index contributed by atoms with van der Waals surface area (Å²) in [7, 11) is 0. The number of amides is 2. The number of nitrogens with zero attached hydrogens (tertiary/aromatic N) is 2. The van der Waals surface area contributed by atoms with E-state index in [1.165, 1.54) is 6.92 Å². The fraction of sp³-hybridized carbons (Fsp3) is 0.280. The highest BCUT2D eigenvalue weighted by Gasteiger charge is 2.24. The molecule has 2 atom stereocenters. The number of carbonyl (C=O) groups excluding carboxylic acids is 2. The number of hydrogen-bond donors (Lipinski definition) is 5. The molecule has 2 heterocycles. The van der Waals surface area contributed by atoms with E-state index in [-0.39, 0.29) is 35.2 Å². The zero-order valence-corrected chi connectivity index (χ0v) is 19.3. The lowest BCUT2D eigenvalue weighted by Gasteiger charge is -2.30. The first-order chi connectivity index (χ1) is 16.8. The fourth-order valence-electron chi connectivity index (χ4n) is 4.17. The Balaban J connectivity index is 1.63. The van der Waals surface area contributed by atoms with E-state index in [0.717, 1.165) is 42.9 Å². The monoisotopic (exact) mass is 477 g/mol. The molecule has 182 valence electrons. The van der Waals surface area contributed by atoms with Gasteiger partial charge in [0.25, 0.3) is 5.91 Å². The minimum atomic E-state index is -0.813. The van der Waals surface area contributed by atoms with Crippen LogP contribution in [0.5, 0.6) is 0 Å². The van der Waals surface area contributed by atoms with Crippen LogP contribution in [0.15, 0.2) is 48.8 Å². The maximum atomic E-state index is 14.8. The summed E-state index contributed by atoms with van der Waals surface area (Å²) in [6.07, 6.45) is 6.93. The van der Waals surface area contributed by atoms with Gasteiger partial charge in [0.05, 0.1) is 17.4 Å². The van der Waals surface area contributed by atoms with Crippen molar-refractivity contribution in [3.63, 3.8) is 0 Å². The highest BCUT2D eigenvalue weighted by Crippen LogP contribution is 2.29. The molecule has 1 aliphatic carbocycles. The molecule has 1 unspecified atom stereocenters. The third kappa shape index (κ3) is 5.90. The van der Waals surface area contributed by atoms with E-state index in [1.807, 2.05) is 18.2 Å². The summed E-state index contributed by atoms with van der Waals surface area (Å²) in [6.45, 7) is 1.44. The van der Waals surface area contributed by atoms with E-state index in [0.29, 0.717) is 11.4 Å². The first-order valence-electron chi connectivity index (χ1n) is 11.4. The van der Waals surface area contributed by atoms with Crippen LogP contribution in [0.3, 0.4) is 0 Å². The van der Waals surface area contributed by atoms with Crippen LogP contribution in [-0.4, -0.2) is 33.9 Å². The van der Waals surface area contributed by atoms with Crippen LogP contribution in [0, 0.1) is 5.82 Å². The molecule has 2 amide bonds. The van der Waals surface area contributed by atoms with E-state index in [2.05, 4.69) is 25.9 Å². The number of primary amides is 1.